The second-order valence-electron chi connectivity index (χ2n) is 6.30. The SMILES string of the molecule is Cc1nn(C)c2c1[nH]c(=S)n2CC1(C)CCCCC1. The summed E-state index contributed by atoms with van der Waals surface area (Å²) in [4.78, 5) is 3.32. The zero-order valence-corrected chi connectivity index (χ0v) is 12.8. The minimum absolute atomic E-state index is 0.379. The van der Waals surface area contributed by atoms with E-state index in [9.17, 15) is 0 Å². The van der Waals surface area contributed by atoms with Crippen LogP contribution >= 0.6 is 12.2 Å². The summed E-state index contributed by atoms with van der Waals surface area (Å²) in [5.74, 6) is 0. The molecular weight excluding hydrogens is 256 g/mol. The monoisotopic (exact) mass is 278 g/mol. The highest BCUT2D eigenvalue weighted by molar-refractivity contribution is 7.71. The Bertz CT molecular complexity index is 655. The Morgan fingerprint density at radius 2 is 2.00 bits per heavy atom. The van der Waals surface area contributed by atoms with Crippen molar-refractivity contribution in [2.24, 2.45) is 12.5 Å². The molecule has 1 N–H and O–H groups in total. The number of aromatic nitrogens is 4. The van der Waals surface area contributed by atoms with Gasteiger partial charge in [0.2, 0.25) is 0 Å². The normalized spacial score (nSPS) is 19.1. The predicted molar refractivity (Wildman–Crippen MR) is 79.8 cm³/mol. The van der Waals surface area contributed by atoms with Gasteiger partial charge in [0.25, 0.3) is 0 Å². The van der Waals surface area contributed by atoms with Crippen LogP contribution in [0.5, 0.6) is 0 Å². The number of fused-ring (bicyclic) bond motifs is 1. The molecule has 0 atom stereocenters. The van der Waals surface area contributed by atoms with E-state index in [2.05, 4.69) is 21.6 Å². The summed E-state index contributed by atoms with van der Waals surface area (Å²) >= 11 is 5.51. The van der Waals surface area contributed by atoms with E-state index in [1.165, 1.54) is 32.1 Å². The number of aromatic amines is 1. The Kier molecular flexibility index (Phi) is 3.04. The number of imidazole rings is 1. The quantitative estimate of drug-likeness (QED) is 0.850. The number of hydrogen-bond donors (Lipinski definition) is 1. The number of hydrogen-bond acceptors (Lipinski definition) is 2. The molecule has 104 valence electrons. The van der Waals surface area contributed by atoms with Gasteiger partial charge in [-0.3, -0.25) is 4.68 Å². The molecule has 0 radical (unpaired) electrons. The van der Waals surface area contributed by atoms with Crippen molar-refractivity contribution in [2.45, 2.75) is 52.5 Å². The molecule has 0 bridgehead atoms. The molecule has 0 saturated heterocycles. The van der Waals surface area contributed by atoms with Gasteiger partial charge in [0.1, 0.15) is 5.52 Å². The summed E-state index contributed by atoms with van der Waals surface area (Å²) in [7, 11) is 2.00. The molecule has 0 aliphatic heterocycles. The first-order chi connectivity index (χ1) is 9.00. The van der Waals surface area contributed by atoms with Crippen LogP contribution in [0.15, 0.2) is 0 Å². The van der Waals surface area contributed by atoms with Crippen LogP contribution in [0.3, 0.4) is 0 Å². The van der Waals surface area contributed by atoms with E-state index in [0.29, 0.717) is 5.41 Å². The van der Waals surface area contributed by atoms with E-state index in [1.807, 2.05) is 18.7 Å². The summed E-state index contributed by atoms with van der Waals surface area (Å²) in [5, 5.41) is 4.49. The number of nitrogens with zero attached hydrogens (tertiary/aromatic N) is 3. The highest BCUT2D eigenvalue weighted by Gasteiger charge is 2.28. The molecule has 19 heavy (non-hydrogen) atoms. The van der Waals surface area contributed by atoms with E-state index < -0.39 is 0 Å². The van der Waals surface area contributed by atoms with Crippen LogP contribution in [0.1, 0.15) is 44.7 Å². The predicted octanol–water partition coefficient (Wildman–Crippen LogP) is 3.71. The van der Waals surface area contributed by atoms with Gasteiger partial charge in [-0.15, -0.1) is 0 Å². The molecule has 1 aliphatic rings. The minimum atomic E-state index is 0.379. The third kappa shape index (κ3) is 2.14. The van der Waals surface area contributed by atoms with Crippen molar-refractivity contribution in [2.75, 3.05) is 0 Å². The lowest BCUT2D eigenvalue weighted by Gasteiger charge is -2.33. The van der Waals surface area contributed by atoms with Gasteiger partial charge in [0, 0.05) is 13.6 Å². The maximum atomic E-state index is 5.51. The highest BCUT2D eigenvalue weighted by Crippen LogP contribution is 2.38. The summed E-state index contributed by atoms with van der Waals surface area (Å²) in [6, 6.07) is 0. The molecule has 3 rings (SSSR count). The average Bonchev–Trinajstić information content (AvgIpc) is 2.80. The van der Waals surface area contributed by atoms with Crippen LogP contribution in [-0.2, 0) is 13.6 Å². The zero-order valence-electron chi connectivity index (χ0n) is 12.0. The third-order valence-corrected chi connectivity index (χ3v) is 4.85. The van der Waals surface area contributed by atoms with Crippen molar-refractivity contribution in [3.8, 4) is 0 Å². The fourth-order valence-corrected chi connectivity index (χ4v) is 3.72. The van der Waals surface area contributed by atoms with Crippen molar-refractivity contribution in [1.29, 1.82) is 0 Å². The van der Waals surface area contributed by atoms with Crippen molar-refractivity contribution in [1.82, 2.24) is 19.3 Å². The molecule has 0 unspecified atom stereocenters. The van der Waals surface area contributed by atoms with E-state index in [0.717, 1.165) is 28.2 Å². The summed E-state index contributed by atoms with van der Waals surface area (Å²) in [6.07, 6.45) is 6.69. The number of aryl methyl sites for hydroxylation is 2. The lowest BCUT2D eigenvalue weighted by molar-refractivity contribution is 0.183. The number of H-pyrrole nitrogens is 1. The maximum Gasteiger partial charge on any atom is 0.179 e. The molecule has 2 aromatic heterocycles. The molecule has 1 fully saturated rings. The Morgan fingerprint density at radius 3 is 2.68 bits per heavy atom. The van der Waals surface area contributed by atoms with Gasteiger partial charge in [-0.25, -0.2) is 0 Å². The zero-order chi connectivity index (χ0) is 13.6. The fraction of sp³-hybridized carbons (Fsp3) is 0.714. The van der Waals surface area contributed by atoms with Crippen LogP contribution in [-0.4, -0.2) is 19.3 Å². The minimum Gasteiger partial charge on any atom is -0.328 e. The lowest BCUT2D eigenvalue weighted by Crippen LogP contribution is -2.26. The van der Waals surface area contributed by atoms with E-state index in [4.69, 9.17) is 12.2 Å². The van der Waals surface area contributed by atoms with Gasteiger partial charge >= 0.3 is 0 Å². The van der Waals surface area contributed by atoms with Crippen LogP contribution in [0, 0.1) is 17.1 Å². The van der Waals surface area contributed by atoms with Crippen LogP contribution in [0.2, 0.25) is 0 Å². The maximum absolute atomic E-state index is 5.51. The van der Waals surface area contributed by atoms with E-state index in [-0.39, 0.29) is 0 Å². The first-order valence-electron chi connectivity index (χ1n) is 7.12. The molecule has 1 aliphatic carbocycles. The summed E-state index contributed by atoms with van der Waals surface area (Å²) in [5.41, 5.74) is 3.63. The molecular formula is C14H22N4S. The lowest BCUT2D eigenvalue weighted by atomic mass is 9.75. The van der Waals surface area contributed by atoms with Crippen molar-refractivity contribution >= 4 is 23.4 Å². The molecule has 1 saturated carbocycles. The van der Waals surface area contributed by atoms with Crippen molar-refractivity contribution in [3.63, 3.8) is 0 Å². The largest absolute Gasteiger partial charge is 0.328 e. The van der Waals surface area contributed by atoms with Crippen molar-refractivity contribution < 1.29 is 0 Å². The molecule has 0 spiro atoms. The highest BCUT2D eigenvalue weighted by atomic mass is 32.1. The molecule has 2 heterocycles. The first kappa shape index (κ1) is 12.9. The summed E-state index contributed by atoms with van der Waals surface area (Å²) < 4.78 is 5.02. The molecule has 5 heteroatoms. The topological polar surface area (TPSA) is 38.5 Å². The van der Waals surface area contributed by atoms with Crippen molar-refractivity contribution in [3.05, 3.63) is 10.5 Å². The summed E-state index contributed by atoms with van der Waals surface area (Å²) in [6.45, 7) is 5.43. The molecule has 4 nitrogen and oxygen atoms in total. The van der Waals surface area contributed by atoms with Gasteiger partial charge in [0.15, 0.2) is 10.4 Å². The molecule has 0 aromatic carbocycles. The molecule has 0 amide bonds. The Hall–Kier alpha value is -1.10. The van der Waals surface area contributed by atoms with Gasteiger partial charge in [-0.05, 0) is 37.4 Å². The Balaban J connectivity index is 2.05. The number of rotatable bonds is 2. The van der Waals surface area contributed by atoms with Crippen LogP contribution in [0.4, 0.5) is 0 Å². The standard InChI is InChI=1S/C14H22N4S/c1-10-11-12(17(3)16-10)18(13(19)15-11)9-14(2)7-5-4-6-8-14/h4-9H2,1-3H3,(H,15,19). The average molecular weight is 278 g/mol. The van der Waals surface area contributed by atoms with Crippen LogP contribution < -0.4 is 0 Å². The Labute approximate surface area is 118 Å². The number of nitrogens with one attached hydrogen (secondary N) is 1. The van der Waals surface area contributed by atoms with E-state index in [1.54, 1.807) is 0 Å². The van der Waals surface area contributed by atoms with Gasteiger partial charge in [0.05, 0.1) is 5.69 Å². The van der Waals surface area contributed by atoms with Gasteiger partial charge < -0.3 is 9.55 Å². The molecule has 2 aromatic rings. The second-order valence-corrected chi connectivity index (χ2v) is 6.68. The van der Waals surface area contributed by atoms with E-state index >= 15 is 0 Å². The van der Waals surface area contributed by atoms with Gasteiger partial charge in [-0.2, -0.15) is 5.10 Å². The first-order valence-corrected chi connectivity index (χ1v) is 7.53. The Morgan fingerprint density at radius 1 is 1.32 bits per heavy atom. The van der Waals surface area contributed by atoms with Gasteiger partial charge in [-0.1, -0.05) is 26.2 Å². The smallest absolute Gasteiger partial charge is 0.179 e. The second kappa shape index (κ2) is 4.47. The van der Waals surface area contributed by atoms with Crippen LogP contribution in [0.25, 0.3) is 11.2 Å². The third-order valence-electron chi connectivity index (χ3n) is 4.53. The fourth-order valence-electron chi connectivity index (χ4n) is 3.46.